The van der Waals surface area contributed by atoms with Gasteiger partial charge >= 0.3 is 0 Å². The van der Waals surface area contributed by atoms with Crippen LogP contribution in [0.4, 0.5) is 5.69 Å². The third kappa shape index (κ3) is 2.36. The number of anilines is 1. The number of hydrogen-bond donors (Lipinski definition) is 2. The third-order valence-corrected chi connectivity index (χ3v) is 3.95. The van der Waals surface area contributed by atoms with Gasteiger partial charge in [0.05, 0.1) is 0 Å². The average Bonchev–Trinajstić information content (AvgIpc) is 2.93. The first-order valence-corrected chi connectivity index (χ1v) is 7.35. The lowest BCUT2D eigenvalue weighted by molar-refractivity contribution is -0.112. The number of fused-ring (bicyclic) bond motifs is 2. The lowest BCUT2D eigenvalue weighted by atomic mass is 9.94. The molecule has 0 atom stereocenters. The molecule has 120 valence electrons. The molecule has 0 aromatic heterocycles. The fourth-order valence-corrected chi connectivity index (χ4v) is 2.72. The average molecular weight is 322 g/mol. The smallest absolute Gasteiger partial charge is 0.265 e. The van der Waals surface area contributed by atoms with Crippen LogP contribution in [0.15, 0.2) is 46.6 Å². The van der Waals surface area contributed by atoms with Gasteiger partial charge in [-0.2, -0.15) is 0 Å². The van der Waals surface area contributed by atoms with Gasteiger partial charge in [-0.05, 0) is 29.8 Å². The first kappa shape index (κ1) is 14.3. The highest BCUT2D eigenvalue weighted by atomic mass is 16.7. The molecule has 4 rings (SSSR count). The van der Waals surface area contributed by atoms with Gasteiger partial charge < -0.3 is 20.9 Å². The van der Waals surface area contributed by atoms with Crippen LogP contribution in [0.1, 0.15) is 16.7 Å². The Morgan fingerprint density at radius 3 is 2.46 bits per heavy atom. The minimum Gasteiger partial charge on any atom is -0.454 e. The summed E-state index contributed by atoms with van der Waals surface area (Å²) in [6.45, 7) is 0.170. The Morgan fingerprint density at radius 1 is 1.04 bits per heavy atom. The Morgan fingerprint density at radius 2 is 1.75 bits per heavy atom. The van der Waals surface area contributed by atoms with Crippen LogP contribution in [0.25, 0.3) is 0 Å². The summed E-state index contributed by atoms with van der Waals surface area (Å²) < 4.78 is 10.9. The van der Waals surface area contributed by atoms with E-state index in [1.165, 1.54) is 0 Å². The van der Waals surface area contributed by atoms with E-state index in [1.54, 1.807) is 12.1 Å². The molecule has 0 radical (unpaired) electrons. The molecule has 0 saturated heterocycles. The van der Waals surface area contributed by atoms with Gasteiger partial charge in [0, 0.05) is 23.2 Å². The monoisotopic (exact) mass is 322 g/mol. The summed E-state index contributed by atoms with van der Waals surface area (Å²) >= 11 is 0. The molecule has 0 saturated carbocycles. The van der Waals surface area contributed by atoms with E-state index < -0.39 is 5.91 Å². The van der Waals surface area contributed by atoms with Gasteiger partial charge in [-0.25, -0.2) is 0 Å². The molecule has 24 heavy (non-hydrogen) atoms. The number of carbonyl (C=O) groups is 1. The van der Waals surface area contributed by atoms with Crippen LogP contribution in [-0.4, -0.2) is 24.1 Å². The zero-order valence-electron chi connectivity index (χ0n) is 12.7. The maximum absolute atomic E-state index is 11.6. The summed E-state index contributed by atoms with van der Waals surface area (Å²) in [5, 5.41) is 8.30. The number of benzene rings is 2. The standard InChI is InChI=1S/C17H14N4O3/c18-11-3-1-9(2-4-11)16-12-7-15-14(23-8-24-15)6-10(12)5-13(17(19)22)20-21-16/h1-4,6-7H,5,8,18H2,(H2,19,22). The first-order valence-electron chi connectivity index (χ1n) is 7.35. The van der Waals surface area contributed by atoms with Gasteiger partial charge in [0.2, 0.25) is 6.79 Å². The molecule has 2 heterocycles. The number of primary amides is 1. The van der Waals surface area contributed by atoms with E-state index in [9.17, 15) is 4.79 Å². The molecule has 7 nitrogen and oxygen atoms in total. The second-order valence-electron chi connectivity index (χ2n) is 5.52. The van der Waals surface area contributed by atoms with E-state index in [-0.39, 0.29) is 18.9 Å². The Kier molecular flexibility index (Phi) is 3.19. The van der Waals surface area contributed by atoms with Gasteiger partial charge in [0.1, 0.15) is 11.4 Å². The molecule has 7 heteroatoms. The molecule has 0 unspecified atom stereocenters. The summed E-state index contributed by atoms with van der Waals surface area (Å²) in [4.78, 5) is 11.6. The van der Waals surface area contributed by atoms with Crippen LogP contribution in [0, 0.1) is 0 Å². The normalized spacial score (nSPS) is 15.2. The summed E-state index contributed by atoms with van der Waals surface area (Å²) in [6.07, 6.45) is 0.281. The molecule has 2 aromatic rings. The highest BCUT2D eigenvalue weighted by Gasteiger charge is 2.24. The van der Waals surface area contributed by atoms with Crippen LogP contribution in [-0.2, 0) is 11.2 Å². The molecule has 0 aliphatic carbocycles. The van der Waals surface area contributed by atoms with Crippen molar-refractivity contribution in [3.63, 3.8) is 0 Å². The summed E-state index contributed by atoms with van der Waals surface area (Å²) in [6, 6.07) is 11.0. The van der Waals surface area contributed by atoms with E-state index in [1.807, 2.05) is 24.3 Å². The lowest BCUT2D eigenvalue weighted by Crippen LogP contribution is -2.24. The predicted octanol–water partition coefficient (Wildman–Crippen LogP) is 1.23. The number of nitrogens with zero attached hydrogens (tertiary/aromatic N) is 2. The molecule has 2 aromatic carbocycles. The van der Waals surface area contributed by atoms with Crippen LogP contribution < -0.4 is 20.9 Å². The van der Waals surface area contributed by atoms with Crippen LogP contribution in [0.2, 0.25) is 0 Å². The Hall–Kier alpha value is -3.35. The summed E-state index contributed by atoms with van der Waals surface area (Å²) in [5.41, 5.74) is 15.1. The molecular formula is C17H14N4O3. The molecule has 2 aliphatic heterocycles. The number of ether oxygens (including phenoxy) is 2. The Bertz CT molecular complexity index is 901. The Labute approximate surface area is 137 Å². The SMILES string of the molecule is NC(=O)C1=NN=C(c2ccc(N)cc2)c2cc3c(cc2C1)OCO3. The van der Waals surface area contributed by atoms with E-state index in [0.717, 1.165) is 16.7 Å². The van der Waals surface area contributed by atoms with Crippen molar-refractivity contribution in [2.24, 2.45) is 15.9 Å². The Balaban J connectivity index is 1.91. The number of hydrogen-bond acceptors (Lipinski definition) is 6. The second kappa shape index (κ2) is 5.38. The number of nitrogen functional groups attached to an aromatic ring is 1. The van der Waals surface area contributed by atoms with Gasteiger partial charge in [-0.3, -0.25) is 4.79 Å². The van der Waals surface area contributed by atoms with Crippen molar-refractivity contribution < 1.29 is 14.3 Å². The van der Waals surface area contributed by atoms with Gasteiger partial charge in [0.15, 0.2) is 11.5 Å². The van der Waals surface area contributed by atoms with Crippen molar-refractivity contribution in [2.45, 2.75) is 6.42 Å². The molecule has 4 N–H and O–H groups in total. The maximum Gasteiger partial charge on any atom is 0.265 e. The predicted molar refractivity (Wildman–Crippen MR) is 89.4 cm³/mol. The van der Waals surface area contributed by atoms with Crippen molar-refractivity contribution in [1.29, 1.82) is 0 Å². The third-order valence-electron chi connectivity index (χ3n) is 3.95. The van der Waals surface area contributed by atoms with Crippen molar-refractivity contribution in [1.82, 2.24) is 0 Å². The maximum atomic E-state index is 11.6. The molecule has 0 spiro atoms. The number of nitrogens with two attached hydrogens (primary N) is 2. The van der Waals surface area contributed by atoms with E-state index in [2.05, 4.69) is 10.2 Å². The largest absolute Gasteiger partial charge is 0.454 e. The summed E-state index contributed by atoms with van der Waals surface area (Å²) in [5.74, 6) is 0.677. The molecule has 0 bridgehead atoms. The quantitative estimate of drug-likeness (QED) is 0.810. The van der Waals surface area contributed by atoms with Crippen LogP contribution in [0.3, 0.4) is 0 Å². The lowest BCUT2D eigenvalue weighted by Gasteiger charge is -2.11. The topological polar surface area (TPSA) is 112 Å². The van der Waals surface area contributed by atoms with Gasteiger partial charge in [-0.1, -0.05) is 12.1 Å². The first-order chi connectivity index (χ1) is 11.6. The highest BCUT2D eigenvalue weighted by molar-refractivity contribution is 6.39. The van der Waals surface area contributed by atoms with Crippen molar-refractivity contribution in [2.75, 3.05) is 12.5 Å². The van der Waals surface area contributed by atoms with Crippen molar-refractivity contribution in [3.05, 3.63) is 53.1 Å². The number of carbonyl (C=O) groups excluding carboxylic acids is 1. The fraction of sp³-hybridized carbons (Fsp3) is 0.118. The molecule has 2 aliphatic rings. The minimum atomic E-state index is -0.596. The van der Waals surface area contributed by atoms with Crippen molar-refractivity contribution >= 4 is 23.0 Å². The van der Waals surface area contributed by atoms with E-state index in [4.69, 9.17) is 20.9 Å². The van der Waals surface area contributed by atoms with Crippen molar-refractivity contribution in [3.8, 4) is 11.5 Å². The zero-order chi connectivity index (χ0) is 16.7. The second-order valence-corrected chi connectivity index (χ2v) is 5.52. The van der Waals surface area contributed by atoms with Gasteiger partial charge in [-0.15, -0.1) is 10.2 Å². The van der Waals surface area contributed by atoms with Crippen LogP contribution >= 0.6 is 0 Å². The molecule has 0 fully saturated rings. The minimum absolute atomic E-state index is 0.170. The fourth-order valence-electron chi connectivity index (χ4n) is 2.72. The summed E-state index contributed by atoms with van der Waals surface area (Å²) in [7, 11) is 0. The number of amides is 1. The zero-order valence-corrected chi connectivity index (χ0v) is 12.7. The molecule has 1 amide bonds. The van der Waals surface area contributed by atoms with E-state index in [0.29, 0.717) is 22.9 Å². The van der Waals surface area contributed by atoms with E-state index >= 15 is 0 Å². The highest BCUT2D eigenvalue weighted by Crippen LogP contribution is 2.36. The van der Waals surface area contributed by atoms with Gasteiger partial charge in [0.25, 0.3) is 5.91 Å². The number of rotatable bonds is 2. The molecular weight excluding hydrogens is 308 g/mol. The van der Waals surface area contributed by atoms with Crippen LogP contribution in [0.5, 0.6) is 11.5 Å².